The van der Waals surface area contributed by atoms with Crippen LogP contribution in [-0.2, 0) is 21.3 Å². The van der Waals surface area contributed by atoms with Gasteiger partial charge in [-0.15, -0.1) is 6.58 Å². The molecule has 38 heavy (non-hydrogen) atoms. The Bertz CT molecular complexity index is 1670. The van der Waals surface area contributed by atoms with Gasteiger partial charge in [-0.25, -0.2) is 13.2 Å². The number of allylic oxidation sites excluding steroid dienone is 1. The Labute approximate surface area is 223 Å². The summed E-state index contributed by atoms with van der Waals surface area (Å²) in [4.78, 5) is 29.9. The number of carbonyl (C=O) groups is 2. The normalized spacial score (nSPS) is 11.8. The summed E-state index contributed by atoms with van der Waals surface area (Å²) in [5.74, 6) is -0.372. The molecule has 1 aromatic heterocycles. The molecule has 0 saturated carbocycles. The first-order chi connectivity index (χ1) is 18.2. The van der Waals surface area contributed by atoms with Crippen molar-refractivity contribution < 1.29 is 27.5 Å². The second-order valence-corrected chi connectivity index (χ2v) is 10.7. The maximum Gasteiger partial charge on any atom is 0.338 e. The summed E-state index contributed by atoms with van der Waals surface area (Å²) >= 11 is 1.27. The number of thiazole rings is 1. The molecule has 9 nitrogen and oxygen atoms in total. The lowest BCUT2D eigenvalue weighted by Gasteiger charge is -2.09. The highest BCUT2D eigenvalue weighted by molar-refractivity contribution is 7.92. The van der Waals surface area contributed by atoms with E-state index in [2.05, 4.69) is 16.3 Å². The van der Waals surface area contributed by atoms with Gasteiger partial charge in [0.1, 0.15) is 5.75 Å². The van der Waals surface area contributed by atoms with Crippen molar-refractivity contribution in [2.75, 3.05) is 18.4 Å². The molecule has 1 N–H and O–H groups in total. The number of nitrogens with zero attached hydrogens (tertiary/aromatic N) is 2. The van der Waals surface area contributed by atoms with Gasteiger partial charge in [0.2, 0.25) is 0 Å². The zero-order valence-electron chi connectivity index (χ0n) is 20.7. The summed E-state index contributed by atoms with van der Waals surface area (Å²) in [6.07, 6.45) is 1.69. The number of aromatic nitrogens is 1. The number of hydrogen-bond donors (Lipinski definition) is 1. The number of nitrogens with one attached hydrogen (secondary N) is 1. The third-order valence-corrected chi connectivity index (χ3v) is 7.89. The monoisotopic (exact) mass is 551 g/mol. The van der Waals surface area contributed by atoms with E-state index in [1.807, 2.05) is 4.57 Å². The number of rotatable bonds is 9. The third kappa shape index (κ3) is 5.84. The molecule has 4 rings (SSSR count). The fourth-order valence-electron chi connectivity index (χ4n) is 3.61. The van der Waals surface area contributed by atoms with Crippen LogP contribution < -0.4 is 14.3 Å². The van der Waals surface area contributed by atoms with Gasteiger partial charge in [0.15, 0.2) is 4.80 Å². The van der Waals surface area contributed by atoms with E-state index in [4.69, 9.17) is 9.47 Å². The fraction of sp³-hybridized carbons (Fsp3) is 0.148. The van der Waals surface area contributed by atoms with Gasteiger partial charge in [-0.1, -0.05) is 17.4 Å². The van der Waals surface area contributed by atoms with Crippen molar-refractivity contribution in [3.8, 4) is 5.75 Å². The number of methoxy groups -OCH3 is 1. The predicted octanol–water partition coefficient (Wildman–Crippen LogP) is 4.62. The molecule has 1 amide bonds. The van der Waals surface area contributed by atoms with E-state index in [0.717, 1.165) is 10.2 Å². The molecular weight excluding hydrogens is 526 g/mol. The van der Waals surface area contributed by atoms with E-state index in [0.29, 0.717) is 28.3 Å². The average Bonchev–Trinajstić information content (AvgIpc) is 3.25. The standard InChI is InChI=1S/C27H25N3O6S2/c1-4-16-30-23-15-8-19(26(32)36-5-2)17-24(23)37-27(30)28-25(31)18-6-9-20(10-7-18)29-38(33,34)22-13-11-21(35-3)12-14-22/h4,6-15,17,29H,1,5,16H2,2-3H3. The van der Waals surface area contributed by atoms with Crippen molar-refractivity contribution in [1.29, 1.82) is 0 Å². The van der Waals surface area contributed by atoms with Crippen LogP contribution in [0.1, 0.15) is 27.6 Å². The fourth-order valence-corrected chi connectivity index (χ4v) is 5.74. The number of fused-ring (bicyclic) bond motifs is 1. The van der Waals surface area contributed by atoms with Crippen molar-refractivity contribution in [3.05, 3.63) is 95.3 Å². The van der Waals surface area contributed by atoms with E-state index < -0.39 is 21.9 Å². The number of benzene rings is 3. The highest BCUT2D eigenvalue weighted by Crippen LogP contribution is 2.22. The van der Waals surface area contributed by atoms with E-state index in [9.17, 15) is 18.0 Å². The summed E-state index contributed by atoms with van der Waals surface area (Å²) in [6.45, 7) is 6.21. The number of hydrogen-bond acceptors (Lipinski definition) is 7. The smallest absolute Gasteiger partial charge is 0.338 e. The molecule has 196 valence electrons. The van der Waals surface area contributed by atoms with Crippen LogP contribution in [0.25, 0.3) is 10.2 Å². The SMILES string of the molecule is C=CCn1c(=NC(=O)c2ccc(NS(=O)(=O)c3ccc(OC)cc3)cc2)sc2cc(C(=O)OCC)ccc21. The van der Waals surface area contributed by atoms with Crippen LogP contribution in [0.4, 0.5) is 5.69 Å². The molecule has 0 fully saturated rings. The molecule has 0 spiro atoms. The number of anilines is 1. The number of carbonyl (C=O) groups excluding carboxylic acids is 2. The molecule has 11 heteroatoms. The third-order valence-electron chi connectivity index (χ3n) is 5.46. The Morgan fingerprint density at radius 3 is 2.37 bits per heavy atom. The van der Waals surface area contributed by atoms with Gasteiger partial charge in [-0.2, -0.15) is 4.99 Å². The van der Waals surface area contributed by atoms with Crippen LogP contribution in [0.3, 0.4) is 0 Å². The van der Waals surface area contributed by atoms with E-state index in [1.165, 1.54) is 54.8 Å². The highest BCUT2D eigenvalue weighted by atomic mass is 32.2. The Kier molecular flexibility index (Phi) is 8.08. The second kappa shape index (κ2) is 11.4. The van der Waals surface area contributed by atoms with Gasteiger partial charge in [-0.3, -0.25) is 9.52 Å². The maximum absolute atomic E-state index is 13.0. The molecule has 1 heterocycles. The predicted molar refractivity (Wildman–Crippen MR) is 146 cm³/mol. The quantitative estimate of drug-likeness (QED) is 0.240. The lowest BCUT2D eigenvalue weighted by molar-refractivity contribution is 0.0526. The van der Waals surface area contributed by atoms with Crippen LogP contribution in [-0.4, -0.2) is 38.6 Å². The minimum Gasteiger partial charge on any atom is -0.497 e. The Hall–Kier alpha value is -4.22. The minimum atomic E-state index is -3.82. The maximum atomic E-state index is 13.0. The van der Waals surface area contributed by atoms with Crippen molar-refractivity contribution in [2.24, 2.45) is 4.99 Å². The number of amides is 1. The molecule has 0 atom stereocenters. The van der Waals surface area contributed by atoms with Crippen LogP contribution in [0.15, 0.2) is 89.3 Å². The molecule has 0 radical (unpaired) electrons. The largest absolute Gasteiger partial charge is 0.497 e. The van der Waals surface area contributed by atoms with Gasteiger partial charge in [0.25, 0.3) is 15.9 Å². The summed E-state index contributed by atoms with van der Waals surface area (Å²) in [5.41, 5.74) is 1.80. The van der Waals surface area contributed by atoms with Crippen LogP contribution in [0.2, 0.25) is 0 Å². The topological polar surface area (TPSA) is 116 Å². The molecular formula is C27H25N3O6S2. The first kappa shape index (κ1) is 26.8. The van der Waals surface area contributed by atoms with Crippen LogP contribution in [0, 0.1) is 0 Å². The number of esters is 1. The highest BCUT2D eigenvalue weighted by Gasteiger charge is 2.16. The molecule has 3 aromatic carbocycles. The van der Waals surface area contributed by atoms with E-state index in [-0.39, 0.29) is 17.1 Å². The molecule has 4 aromatic rings. The van der Waals surface area contributed by atoms with Crippen molar-refractivity contribution in [2.45, 2.75) is 18.4 Å². The molecule has 0 aliphatic rings. The van der Waals surface area contributed by atoms with Gasteiger partial charge in [0, 0.05) is 17.8 Å². The molecule has 0 saturated heterocycles. The second-order valence-electron chi connectivity index (χ2n) is 7.96. The first-order valence-corrected chi connectivity index (χ1v) is 13.8. The Balaban J connectivity index is 1.59. The van der Waals surface area contributed by atoms with Crippen molar-refractivity contribution in [1.82, 2.24) is 4.57 Å². The van der Waals surface area contributed by atoms with Gasteiger partial charge in [-0.05, 0) is 73.7 Å². The van der Waals surface area contributed by atoms with E-state index >= 15 is 0 Å². The lowest BCUT2D eigenvalue weighted by Crippen LogP contribution is -2.16. The average molecular weight is 552 g/mol. The Morgan fingerprint density at radius 2 is 1.74 bits per heavy atom. The lowest BCUT2D eigenvalue weighted by atomic mass is 10.2. The summed E-state index contributed by atoms with van der Waals surface area (Å²) < 4.78 is 40.6. The van der Waals surface area contributed by atoms with Gasteiger partial charge < -0.3 is 14.0 Å². The van der Waals surface area contributed by atoms with Crippen LogP contribution in [0.5, 0.6) is 5.75 Å². The summed E-state index contributed by atoms with van der Waals surface area (Å²) in [5, 5.41) is 0. The molecule has 0 unspecified atom stereocenters. The van der Waals surface area contributed by atoms with Crippen molar-refractivity contribution >= 4 is 49.1 Å². The Morgan fingerprint density at radius 1 is 1.05 bits per heavy atom. The number of sulfonamides is 1. The van der Waals surface area contributed by atoms with Crippen LogP contribution >= 0.6 is 11.3 Å². The zero-order chi connectivity index (χ0) is 27.3. The first-order valence-electron chi connectivity index (χ1n) is 11.5. The minimum absolute atomic E-state index is 0.0797. The van der Waals surface area contributed by atoms with Gasteiger partial charge in [0.05, 0.1) is 34.4 Å². The number of ether oxygens (including phenoxy) is 2. The molecule has 0 aliphatic carbocycles. The zero-order valence-corrected chi connectivity index (χ0v) is 22.3. The summed E-state index contributed by atoms with van der Waals surface area (Å²) in [7, 11) is -2.32. The molecule has 0 aliphatic heterocycles. The molecule has 0 bridgehead atoms. The van der Waals surface area contributed by atoms with Gasteiger partial charge >= 0.3 is 5.97 Å². The van der Waals surface area contributed by atoms with Crippen molar-refractivity contribution in [3.63, 3.8) is 0 Å². The van der Waals surface area contributed by atoms with E-state index in [1.54, 1.807) is 43.3 Å². The summed E-state index contributed by atoms with van der Waals surface area (Å²) in [6, 6.07) is 17.2.